The van der Waals surface area contributed by atoms with Crippen LogP contribution in [0.15, 0.2) is 67.0 Å². The first-order valence-electron chi connectivity index (χ1n) is 21.8. The molecule has 2 aromatic carbocycles. The molecule has 7 heterocycles. The summed E-state index contributed by atoms with van der Waals surface area (Å²) in [7, 11) is 1.78. The van der Waals surface area contributed by atoms with Gasteiger partial charge in [0.15, 0.2) is 17.2 Å². The van der Waals surface area contributed by atoms with Gasteiger partial charge in [0.2, 0.25) is 11.8 Å². The smallest absolute Gasteiger partial charge is 0.275 e. The summed E-state index contributed by atoms with van der Waals surface area (Å²) in [6.45, 7) is 3.27. The predicted octanol–water partition coefficient (Wildman–Crippen LogP) is 5.27. The van der Waals surface area contributed by atoms with Crippen molar-refractivity contribution in [3.8, 4) is 11.3 Å². The fraction of sp³-hybridized carbons (Fsp3) is 0.422. The number of anilines is 5. The van der Waals surface area contributed by atoms with Gasteiger partial charge in [-0.25, -0.2) is 22.7 Å². The number of rotatable bonds is 11. The van der Waals surface area contributed by atoms with Gasteiger partial charge in [0.05, 0.1) is 46.9 Å². The average molecular weight is 897 g/mol. The van der Waals surface area contributed by atoms with Crippen molar-refractivity contribution < 1.29 is 27.6 Å². The number of hydrogen-bond donors (Lipinski definition) is 4. The molecule has 5 aromatic rings. The van der Waals surface area contributed by atoms with Crippen LogP contribution in [-0.2, 0) is 22.6 Å². The zero-order valence-electron chi connectivity index (χ0n) is 35.2. The first-order valence-corrected chi connectivity index (χ1v) is 22.2. The lowest BCUT2D eigenvalue weighted by atomic mass is 9.97. The highest BCUT2D eigenvalue weighted by Gasteiger charge is 2.48. The van der Waals surface area contributed by atoms with Crippen LogP contribution >= 0.6 is 11.6 Å². The monoisotopic (exact) mass is 896 g/mol. The minimum Gasteiger partial charge on any atom is -0.385 e. The fourth-order valence-corrected chi connectivity index (χ4v) is 9.87. The Morgan fingerprint density at radius 1 is 0.953 bits per heavy atom. The maximum absolute atomic E-state index is 15.9. The lowest BCUT2D eigenvalue weighted by Crippen LogP contribution is -2.61. The first-order chi connectivity index (χ1) is 30.9. The molecule has 64 heavy (non-hydrogen) atoms. The molecule has 5 aliphatic rings. The summed E-state index contributed by atoms with van der Waals surface area (Å²) >= 11 is 6.68. The molecule has 3 amide bonds. The molecular formula is C45H48ClF3N12O3. The van der Waals surface area contributed by atoms with Crippen molar-refractivity contribution in [2.75, 3.05) is 73.3 Å². The number of imidazole rings is 1. The molecule has 2 unspecified atom stereocenters. The number of fused-ring (bicyclic) bond motifs is 2. The molecular weight excluding hydrogens is 849 g/mol. The molecule has 3 aromatic heterocycles. The van der Waals surface area contributed by atoms with E-state index in [1.54, 1.807) is 19.3 Å². The average Bonchev–Trinajstić information content (AvgIpc) is 3.59. The van der Waals surface area contributed by atoms with E-state index in [1.807, 2.05) is 58.3 Å². The Morgan fingerprint density at radius 2 is 1.78 bits per heavy atom. The highest BCUT2D eigenvalue weighted by atomic mass is 35.5. The zero-order chi connectivity index (χ0) is 44.3. The quantitative estimate of drug-likeness (QED) is 0.128. The van der Waals surface area contributed by atoms with Gasteiger partial charge in [0.25, 0.3) is 11.8 Å². The lowest BCUT2D eigenvalue weighted by molar-refractivity contribution is -0.133. The SMILES string of the molecule is CNc1cc(N2CCc3c(-c4ccc(CN5CC[C@H](N6CCN(c7ccc(NC8CCC(=O)NC8=O)cc7Cl)CC6)C(F)(F)C5)cn4)cccc32)nn2c(C(=O)NC3C[C@@H]3F)cnc12. The van der Waals surface area contributed by atoms with Gasteiger partial charge in [-0.1, -0.05) is 29.8 Å². The summed E-state index contributed by atoms with van der Waals surface area (Å²) in [4.78, 5) is 53.9. The summed E-state index contributed by atoms with van der Waals surface area (Å²) < 4.78 is 46.9. The Hall–Kier alpha value is -5.98. The number of imide groups is 1. The zero-order valence-corrected chi connectivity index (χ0v) is 35.9. The van der Waals surface area contributed by atoms with Crippen LogP contribution in [0.2, 0.25) is 5.02 Å². The van der Waals surface area contributed by atoms with Crippen molar-refractivity contribution >= 4 is 63.5 Å². The second-order valence-corrected chi connectivity index (χ2v) is 17.7. The van der Waals surface area contributed by atoms with Crippen molar-refractivity contribution in [3.05, 3.63) is 88.8 Å². The molecule has 15 nitrogen and oxygen atoms in total. The van der Waals surface area contributed by atoms with Crippen LogP contribution in [0.3, 0.4) is 0 Å². The Balaban J connectivity index is 0.755. The number of aromatic nitrogens is 4. The maximum Gasteiger partial charge on any atom is 0.275 e. The summed E-state index contributed by atoms with van der Waals surface area (Å²) in [5, 5.41) is 16.7. The van der Waals surface area contributed by atoms with Crippen LogP contribution in [-0.4, -0.2) is 130 Å². The number of likely N-dealkylation sites (tertiary alicyclic amines) is 1. The van der Waals surface area contributed by atoms with Crippen molar-refractivity contribution in [1.82, 2.24) is 40.0 Å². The standard InChI is InChI=1S/C45H48ClF3N12O3/c1-50-35-21-40(56-61-38(23-52-42(35)61)44(64)54-34-20-31(34)47)60-14-11-29-28(3-2-4-36(29)60)32-7-5-26(22-51-32)24-57-13-12-39(45(48,49)25-57)59-17-15-58(16-18-59)37-9-6-27(19-30(37)46)53-33-8-10-41(62)55-43(33)63/h2-7,9,19,21-23,31,33-34,39,50,53H,8,10-18,20,24-25H2,1H3,(H,54,64)(H,55,62,63)/t31-,33?,34?,39-/m0/s1. The van der Waals surface area contributed by atoms with Crippen LogP contribution < -0.4 is 31.1 Å². The molecule has 1 aliphatic carbocycles. The van der Waals surface area contributed by atoms with E-state index in [0.29, 0.717) is 92.9 Å². The molecule has 0 spiro atoms. The predicted molar refractivity (Wildman–Crippen MR) is 237 cm³/mol. The Bertz CT molecular complexity index is 2620. The molecule has 0 radical (unpaired) electrons. The maximum atomic E-state index is 15.9. The van der Waals surface area contributed by atoms with Crippen LogP contribution in [0.5, 0.6) is 0 Å². The summed E-state index contributed by atoms with van der Waals surface area (Å²) in [5.74, 6) is -3.35. The number of halogens is 4. The Kier molecular flexibility index (Phi) is 11.1. The van der Waals surface area contributed by atoms with Gasteiger partial charge in [-0.3, -0.25) is 34.5 Å². The number of carbonyl (C=O) groups is 3. The normalized spacial score (nSPS) is 23.5. The van der Waals surface area contributed by atoms with Crippen molar-refractivity contribution in [3.63, 3.8) is 0 Å². The van der Waals surface area contributed by atoms with Crippen LogP contribution in [0.25, 0.3) is 16.9 Å². The second kappa shape index (κ2) is 16.9. The number of hydrogen-bond acceptors (Lipinski definition) is 12. The molecule has 0 bridgehead atoms. The molecule has 1 saturated carbocycles. The van der Waals surface area contributed by atoms with E-state index < -0.39 is 36.1 Å². The molecule has 334 valence electrons. The van der Waals surface area contributed by atoms with E-state index in [-0.39, 0.29) is 30.5 Å². The summed E-state index contributed by atoms with van der Waals surface area (Å²) in [6, 6.07) is 15.5. The highest BCUT2D eigenvalue weighted by Crippen LogP contribution is 2.41. The number of nitrogens with zero attached hydrogens (tertiary/aromatic N) is 8. The van der Waals surface area contributed by atoms with Gasteiger partial charge < -0.3 is 25.8 Å². The van der Waals surface area contributed by atoms with Gasteiger partial charge in [-0.15, -0.1) is 5.10 Å². The van der Waals surface area contributed by atoms with Gasteiger partial charge >= 0.3 is 0 Å². The summed E-state index contributed by atoms with van der Waals surface area (Å²) in [6.07, 6.45) is 4.25. The third-order valence-electron chi connectivity index (χ3n) is 13.1. The van der Waals surface area contributed by atoms with E-state index in [1.165, 1.54) is 10.7 Å². The number of pyridine rings is 1. The number of alkyl halides is 3. The Labute approximate surface area is 372 Å². The largest absolute Gasteiger partial charge is 0.385 e. The van der Waals surface area contributed by atoms with E-state index in [4.69, 9.17) is 21.7 Å². The van der Waals surface area contributed by atoms with E-state index in [9.17, 15) is 18.8 Å². The van der Waals surface area contributed by atoms with Gasteiger partial charge in [0.1, 0.15) is 12.2 Å². The molecule has 10 rings (SSSR count). The minimum atomic E-state index is -2.90. The third-order valence-corrected chi connectivity index (χ3v) is 13.4. The number of amides is 3. The number of carbonyl (C=O) groups excluding carboxylic acids is 3. The van der Waals surface area contributed by atoms with E-state index in [0.717, 1.165) is 40.2 Å². The van der Waals surface area contributed by atoms with Crippen LogP contribution in [0, 0.1) is 0 Å². The molecule has 3 saturated heterocycles. The van der Waals surface area contributed by atoms with Gasteiger partial charge in [0, 0.05) is 94.9 Å². The van der Waals surface area contributed by atoms with Gasteiger partial charge in [-0.2, -0.15) is 0 Å². The summed E-state index contributed by atoms with van der Waals surface area (Å²) in [5.41, 5.74) is 7.56. The van der Waals surface area contributed by atoms with Crippen LogP contribution in [0.1, 0.15) is 47.3 Å². The number of benzene rings is 2. The Morgan fingerprint density at radius 3 is 2.50 bits per heavy atom. The number of piperazine rings is 1. The minimum absolute atomic E-state index is 0.225. The lowest BCUT2D eigenvalue weighted by Gasteiger charge is -2.46. The molecule has 4 aliphatic heterocycles. The van der Waals surface area contributed by atoms with E-state index >= 15 is 8.78 Å². The number of piperidine rings is 2. The fourth-order valence-electron chi connectivity index (χ4n) is 9.57. The van der Waals surface area contributed by atoms with Crippen molar-refractivity contribution in [2.45, 2.75) is 68.9 Å². The molecule has 4 fully saturated rings. The highest BCUT2D eigenvalue weighted by molar-refractivity contribution is 6.33. The van der Waals surface area contributed by atoms with Crippen molar-refractivity contribution in [1.29, 1.82) is 0 Å². The topological polar surface area (TPSA) is 155 Å². The first kappa shape index (κ1) is 42.0. The third kappa shape index (κ3) is 8.18. The van der Waals surface area contributed by atoms with Crippen molar-refractivity contribution in [2.24, 2.45) is 0 Å². The van der Waals surface area contributed by atoms with Gasteiger partial charge in [-0.05, 0) is 60.7 Å². The molecule has 19 heteroatoms. The molecule has 4 N–H and O–H groups in total. The van der Waals surface area contributed by atoms with Crippen LogP contribution in [0.4, 0.5) is 41.7 Å². The second-order valence-electron chi connectivity index (χ2n) is 17.2. The number of nitrogens with one attached hydrogen (secondary N) is 4. The molecule has 4 atom stereocenters. The van der Waals surface area contributed by atoms with E-state index in [2.05, 4.69) is 36.1 Å².